The second-order valence-corrected chi connectivity index (χ2v) is 7.13. The molecule has 1 fully saturated rings. The maximum atomic E-state index is 12.3. The minimum atomic E-state index is -5.08. The third-order valence-electron chi connectivity index (χ3n) is 4.07. The number of carboxylic acids is 1. The van der Waals surface area contributed by atoms with Crippen molar-refractivity contribution in [1.29, 1.82) is 0 Å². The Morgan fingerprint density at radius 2 is 1.91 bits per heavy atom. The van der Waals surface area contributed by atoms with Gasteiger partial charge in [-0.25, -0.2) is 19.7 Å². The van der Waals surface area contributed by atoms with Gasteiger partial charge in [-0.15, -0.1) is 11.3 Å². The van der Waals surface area contributed by atoms with Crippen molar-refractivity contribution in [1.82, 2.24) is 30.5 Å². The lowest BCUT2D eigenvalue weighted by Gasteiger charge is -2.29. The third kappa shape index (κ3) is 6.21. The molecule has 0 bridgehead atoms. The summed E-state index contributed by atoms with van der Waals surface area (Å²) in [6.45, 7) is 3.85. The topological polar surface area (TPSA) is 149 Å². The summed E-state index contributed by atoms with van der Waals surface area (Å²) in [5, 5.41) is 22.0. The molecule has 0 aliphatic carbocycles. The highest BCUT2D eigenvalue weighted by molar-refractivity contribution is 7.13. The van der Waals surface area contributed by atoms with Gasteiger partial charge in [0.25, 0.3) is 5.91 Å². The van der Waals surface area contributed by atoms with Gasteiger partial charge < -0.3 is 20.6 Å². The Bertz CT molecular complexity index is 1030. The molecule has 0 aromatic carbocycles. The zero-order valence-corrected chi connectivity index (χ0v) is 17.1. The van der Waals surface area contributed by atoms with Gasteiger partial charge in [0, 0.05) is 31.6 Å². The van der Waals surface area contributed by atoms with Crippen LogP contribution in [0.2, 0.25) is 0 Å². The number of H-pyrrole nitrogens is 1. The summed E-state index contributed by atoms with van der Waals surface area (Å²) in [4.78, 5) is 36.1. The number of anilines is 2. The number of nitrogens with zero attached hydrogens (tertiary/aromatic N) is 5. The summed E-state index contributed by atoms with van der Waals surface area (Å²) in [7, 11) is 0. The van der Waals surface area contributed by atoms with E-state index in [4.69, 9.17) is 9.90 Å². The molecule has 0 saturated carbocycles. The van der Waals surface area contributed by atoms with E-state index in [1.54, 1.807) is 17.6 Å². The Hall–Kier alpha value is -3.59. The number of carbonyl (C=O) groups excluding carboxylic acids is 1. The number of aromatic nitrogens is 5. The molecule has 0 atom stereocenters. The number of pyridine rings is 1. The van der Waals surface area contributed by atoms with Gasteiger partial charge in [0.1, 0.15) is 17.8 Å². The molecule has 32 heavy (non-hydrogen) atoms. The minimum Gasteiger partial charge on any atom is -0.475 e. The Labute approximate surface area is 182 Å². The second-order valence-electron chi connectivity index (χ2n) is 6.27. The Morgan fingerprint density at radius 1 is 1.19 bits per heavy atom. The fourth-order valence-electron chi connectivity index (χ4n) is 2.55. The lowest BCUT2D eigenvalue weighted by atomic mass is 10.3. The van der Waals surface area contributed by atoms with Crippen LogP contribution in [-0.2, 0) is 4.79 Å². The molecular formula is C17H17F3N8O3S. The van der Waals surface area contributed by atoms with Crippen LogP contribution in [0.5, 0.6) is 0 Å². The Kier molecular flexibility index (Phi) is 7.32. The van der Waals surface area contributed by atoms with E-state index in [0.717, 1.165) is 31.9 Å². The molecule has 1 aliphatic heterocycles. The van der Waals surface area contributed by atoms with E-state index in [-0.39, 0.29) is 5.91 Å². The molecule has 4 rings (SSSR count). The number of nitrogens with one attached hydrogen (secondary N) is 3. The standard InChI is InChI=1S/C15H16N8OS.C2HF3O2/c24-14(11-8-25-15(20-11)13-18-9-19-22-13)21-12-2-1-10(7-17-12)23-5-3-16-4-6-23;3-2(4,5)1(6)7/h1-2,7-9,16H,3-6H2,(H,17,21,24)(H,18,19,22);(H,6,7). The summed E-state index contributed by atoms with van der Waals surface area (Å²) in [5.41, 5.74) is 1.38. The zero-order valence-electron chi connectivity index (χ0n) is 16.3. The van der Waals surface area contributed by atoms with Crippen LogP contribution in [0.4, 0.5) is 24.7 Å². The molecule has 4 heterocycles. The lowest BCUT2D eigenvalue weighted by molar-refractivity contribution is -0.192. The summed E-state index contributed by atoms with van der Waals surface area (Å²) in [5.74, 6) is -2.02. The zero-order chi connectivity index (χ0) is 23.1. The van der Waals surface area contributed by atoms with Crippen LogP contribution in [0.15, 0.2) is 30.0 Å². The van der Waals surface area contributed by atoms with Crippen molar-refractivity contribution >= 4 is 34.7 Å². The molecule has 15 heteroatoms. The fraction of sp³-hybridized carbons (Fsp3) is 0.294. The van der Waals surface area contributed by atoms with Gasteiger partial charge in [0.05, 0.1) is 11.9 Å². The number of rotatable bonds is 4. The number of alkyl halides is 3. The fourth-order valence-corrected chi connectivity index (χ4v) is 3.29. The number of carboxylic acid groups (broad SMARTS) is 1. The number of amides is 1. The van der Waals surface area contributed by atoms with Gasteiger partial charge in [0.2, 0.25) is 0 Å². The van der Waals surface area contributed by atoms with Gasteiger partial charge in [-0.1, -0.05) is 0 Å². The van der Waals surface area contributed by atoms with Crippen LogP contribution in [0.3, 0.4) is 0 Å². The van der Waals surface area contributed by atoms with E-state index in [1.165, 1.54) is 17.7 Å². The molecule has 0 spiro atoms. The maximum absolute atomic E-state index is 12.3. The largest absolute Gasteiger partial charge is 0.490 e. The number of halogens is 3. The average molecular weight is 470 g/mol. The molecular weight excluding hydrogens is 453 g/mol. The molecule has 3 aromatic rings. The first-order chi connectivity index (χ1) is 15.2. The monoisotopic (exact) mass is 470 g/mol. The number of aliphatic carboxylic acids is 1. The molecule has 3 aromatic heterocycles. The second kappa shape index (κ2) is 10.1. The SMILES string of the molecule is O=C(Nc1ccc(N2CCNCC2)cn1)c1csc(-c2ncn[nH]2)n1.O=C(O)C(F)(F)F. The molecule has 170 valence electrons. The van der Waals surface area contributed by atoms with E-state index < -0.39 is 12.1 Å². The van der Waals surface area contributed by atoms with Crippen LogP contribution in [0, 0.1) is 0 Å². The van der Waals surface area contributed by atoms with Crippen LogP contribution in [-0.4, -0.2) is 74.5 Å². The van der Waals surface area contributed by atoms with Crippen LogP contribution < -0.4 is 15.5 Å². The molecule has 0 unspecified atom stereocenters. The minimum absolute atomic E-state index is 0.301. The molecule has 11 nitrogen and oxygen atoms in total. The number of hydrogen-bond donors (Lipinski definition) is 4. The first kappa shape index (κ1) is 23.1. The van der Waals surface area contributed by atoms with Gasteiger partial charge >= 0.3 is 12.1 Å². The molecule has 1 amide bonds. The number of hydrogen-bond acceptors (Lipinski definition) is 9. The summed E-state index contributed by atoms with van der Waals surface area (Å²) in [6, 6.07) is 3.77. The van der Waals surface area contributed by atoms with E-state index in [1.807, 2.05) is 6.07 Å². The van der Waals surface area contributed by atoms with Gasteiger partial charge in [-0.3, -0.25) is 9.89 Å². The van der Waals surface area contributed by atoms with Gasteiger partial charge in [-0.05, 0) is 12.1 Å². The van der Waals surface area contributed by atoms with E-state index >= 15 is 0 Å². The van der Waals surface area contributed by atoms with E-state index in [2.05, 4.69) is 40.7 Å². The van der Waals surface area contributed by atoms with Crippen LogP contribution >= 0.6 is 11.3 Å². The first-order valence-corrected chi connectivity index (χ1v) is 9.96. The van der Waals surface area contributed by atoms with Crippen molar-refractivity contribution < 1.29 is 27.9 Å². The predicted molar refractivity (Wildman–Crippen MR) is 108 cm³/mol. The van der Waals surface area contributed by atoms with Crippen molar-refractivity contribution in [2.24, 2.45) is 0 Å². The van der Waals surface area contributed by atoms with Gasteiger partial charge in [0.15, 0.2) is 10.8 Å². The highest BCUT2D eigenvalue weighted by Gasteiger charge is 2.38. The summed E-state index contributed by atoms with van der Waals surface area (Å²) in [6.07, 6.45) is -1.90. The van der Waals surface area contributed by atoms with E-state index in [0.29, 0.717) is 22.3 Å². The van der Waals surface area contributed by atoms with Crippen molar-refractivity contribution in [3.8, 4) is 10.8 Å². The highest BCUT2D eigenvalue weighted by Crippen LogP contribution is 2.20. The molecule has 4 N–H and O–H groups in total. The number of aromatic amines is 1. The van der Waals surface area contributed by atoms with Gasteiger partial charge in [-0.2, -0.15) is 18.3 Å². The lowest BCUT2D eigenvalue weighted by Crippen LogP contribution is -2.43. The first-order valence-electron chi connectivity index (χ1n) is 9.08. The predicted octanol–water partition coefficient (Wildman–Crippen LogP) is 1.62. The van der Waals surface area contributed by atoms with E-state index in [9.17, 15) is 18.0 Å². The molecule has 1 aliphatic rings. The Morgan fingerprint density at radius 3 is 2.47 bits per heavy atom. The number of piperazine rings is 1. The molecule has 1 saturated heterocycles. The van der Waals surface area contributed by atoms with Crippen molar-refractivity contribution in [2.75, 3.05) is 36.4 Å². The Balaban J connectivity index is 0.000000360. The highest BCUT2D eigenvalue weighted by atomic mass is 32.1. The number of carbonyl (C=O) groups is 2. The van der Waals surface area contributed by atoms with Crippen molar-refractivity contribution in [3.05, 3.63) is 35.7 Å². The van der Waals surface area contributed by atoms with Crippen molar-refractivity contribution in [3.63, 3.8) is 0 Å². The summed E-state index contributed by atoms with van der Waals surface area (Å²) >= 11 is 1.33. The summed E-state index contributed by atoms with van der Waals surface area (Å²) < 4.78 is 31.7. The average Bonchev–Trinajstić information content (AvgIpc) is 3.47. The van der Waals surface area contributed by atoms with Crippen LogP contribution in [0.25, 0.3) is 10.8 Å². The molecule has 0 radical (unpaired) electrons. The normalized spacial score (nSPS) is 13.8. The quantitative estimate of drug-likeness (QED) is 0.446. The van der Waals surface area contributed by atoms with Crippen molar-refractivity contribution in [2.45, 2.75) is 6.18 Å². The number of thiazole rings is 1. The maximum Gasteiger partial charge on any atom is 0.490 e. The van der Waals surface area contributed by atoms with Crippen LogP contribution in [0.1, 0.15) is 10.5 Å². The smallest absolute Gasteiger partial charge is 0.475 e. The third-order valence-corrected chi connectivity index (χ3v) is 4.92.